The zero-order valence-corrected chi connectivity index (χ0v) is 19.5. The fraction of sp³-hybridized carbons (Fsp3) is 0.560. The van der Waals surface area contributed by atoms with Crippen molar-refractivity contribution >= 4 is 17.6 Å². The molecule has 33 heavy (non-hydrogen) atoms. The van der Waals surface area contributed by atoms with Gasteiger partial charge in [-0.3, -0.25) is 9.88 Å². The summed E-state index contributed by atoms with van der Waals surface area (Å²) in [6.07, 6.45) is 8.52. The van der Waals surface area contributed by atoms with Gasteiger partial charge in [0.25, 0.3) is 0 Å². The Kier molecular flexibility index (Phi) is 6.10. The average Bonchev–Trinajstić information content (AvgIpc) is 3.16. The standard InChI is InChI=1S/C25H33N5O3/c1-19(2)28-13-7-22(8-14-28)32-21-5-3-20(4-6-21)29-15-9-25(10-16-29)18-30(24(31)33-25)23-17-26-11-12-27-23/h3-6,11-12,17,19,22H,7-10,13-16,18H2,1-2H3. The van der Waals surface area contributed by atoms with E-state index in [1.807, 2.05) is 0 Å². The van der Waals surface area contributed by atoms with Crippen molar-refractivity contribution in [3.63, 3.8) is 0 Å². The summed E-state index contributed by atoms with van der Waals surface area (Å²) in [6.45, 7) is 8.94. The number of hydrogen-bond acceptors (Lipinski definition) is 7. The number of rotatable bonds is 5. The highest BCUT2D eigenvalue weighted by atomic mass is 16.6. The van der Waals surface area contributed by atoms with Gasteiger partial charge in [-0.1, -0.05) is 0 Å². The second-order valence-corrected chi connectivity index (χ2v) is 9.63. The summed E-state index contributed by atoms with van der Waals surface area (Å²) in [7, 11) is 0. The Labute approximate surface area is 195 Å². The molecule has 8 nitrogen and oxygen atoms in total. The molecule has 0 saturated carbocycles. The summed E-state index contributed by atoms with van der Waals surface area (Å²) >= 11 is 0. The number of carbonyl (C=O) groups is 1. The summed E-state index contributed by atoms with van der Waals surface area (Å²) in [4.78, 5) is 27.2. The summed E-state index contributed by atoms with van der Waals surface area (Å²) in [5.74, 6) is 1.49. The highest BCUT2D eigenvalue weighted by molar-refractivity contribution is 5.89. The number of likely N-dealkylation sites (tertiary alicyclic amines) is 1. The maximum Gasteiger partial charge on any atom is 0.416 e. The predicted molar refractivity (Wildman–Crippen MR) is 127 cm³/mol. The van der Waals surface area contributed by atoms with Crippen LogP contribution in [-0.4, -0.2) is 71.4 Å². The number of ether oxygens (including phenoxy) is 2. The van der Waals surface area contributed by atoms with Crippen LogP contribution in [0.1, 0.15) is 39.5 Å². The Morgan fingerprint density at radius 2 is 1.79 bits per heavy atom. The molecule has 1 aromatic heterocycles. The second kappa shape index (κ2) is 9.17. The maximum absolute atomic E-state index is 12.5. The first kappa shape index (κ1) is 21.9. The first-order chi connectivity index (χ1) is 16.0. The first-order valence-electron chi connectivity index (χ1n) is 12.0. The van der Waals surface area contributed by atoms with E-state index in [2.05, 4.69) is 57.9 Å². The summed E-state index contributed by atoms with van der Waals surface area (Å²) in [5, 5.41) is 0. The van der Waals surface area contributed by atoms with Gasteiger partial charge in [-0.15, -0.1) is 0 Å². The molecule has 0 atom stereocenters. The first-order valence-corrected chi connectivity index (χ1v) is 12.0. The zero-order chi connectivity index (χ0) is 22.8. The van der Waals surface area contributed by atoms with Crippen LogP contribution in [-0.2, 0) is 4.74 Å². The van der Waals surface area contributed by atoms with Crippen LogP contribution in [0, 0.1) is 0 Å². The molecule has 0 N–H and O–H groups in total. The molecule has 0 bridgehead atoms. The van der Waals surface area contributed by atoms with E-state index in [9.17, 15) is 4.79 Å². The Morgan fingerprint density at radius 3 is 2.42 bits per heavy atom. The van der Waals surface area contributed by atoms with Crippen molar-refractivity contribution in [1.82, 2.24) is 14.9 Å². The van der Waals surface area contributed by atoms with Crippen molar-refractivity contribution < 1.29 is 14.3 Å². The molecule has 1 spiro atoms. The molecule has 3 saturated heterocycles. The van der Waals surface area contributed by atoms with Gasteiger partial charge in [0.1, 0.15) is 17.5 Å². The molecule has 1 amide bonds. The van der Waals surface area contributed by atoms with Gasteiger partial charge >= 0.3 is 6.09 Å². The molecular weight excluding hydrogens is 418 g/mol. The number of nitrogens with zero attached hydrogens (tertiary/aromatic N) is 5. The SMILES string of the molecule is CC(C)N1CCC(Oc2ccc(N3CCC4(CC3)CN(c3cnccn3)C(=O)O4)cc2)CC1. The van der Waals surface area contributed by atoms with Crippen LogP contribution < -0.4 is 14.5 Å². The van der Waals surface area contributed by atoms with E-state index in [1.54, 1.807) is 23.5 Å². The van der Waals surface area contributed by atoms with Crippen molar-refractivity contribution in [2.24, 2.45) is 0 Å². The minimum atomic E-state index is -0.445. The highest BCUT2D eigenvalue weighted by Gasteiger charge is 2.48. The largest absolute Gasteiger partial charge is 0.490 e. The number of carbonyl (C=O) groups excluding carboxylic acids is 1. The molecule has 4 heterocycles. The van der Waals surface area contributed by atoms with Gasteiger partial charge in [-0.2, -0.15) is 0 Å². The highest BCUT2D eigenvalue weighted by Crippen LogP contribution is 2.36. The lowest BCUT2D eigenvalue weighted by atomic mass is 9.91. The number of piperidine rings is 2. The van der Waals surface area contributed by atoms with E-state index in [-0.39, 0.29) is 6.09 Å². The minimum absolute atomic E-state index is 0.301. The smallest absolute Gasteiger partial charge is 0.416 e. The Morgan fingerprint density at radius 1 is 1.06 bits per heavy atom. The average molecular weight is 452 g/mol. The summed E-state index contributed by atoms with van der Waals surface area (Å²) < 4.78 is 12.1. The van der Waals surface area contributed by atoms with Crippen molar-refractivity contribution in [3.05, 3.63) is 42.9 Å². The summed E-state index contributed by atoms with van der Waals surface area (Å²) in [5.41, 5.74) is 0.737. The number of amides is 1. The second-order valence-electron chi connectivity index (χ2n) is 9.63. The Bertz CT molecular complexity index is 936. The normalized spacial score (nSPS) is 21.6. The molecule has 2 aromatic rings. The summed E-state index contributed by atoms with van der Waals surface area (Å²) in [6, 6.07) is 9.06. The maximum atomic E-state index is 12.5. The molecular formula is C25H33N5O3. The zero-order valence-electron chi connectivity index (χ0n) is 19.5. The minimum Gasteiger partial charge on any atom is -0.490 e. The van der Waals surface area contributed by atoms with Gasteiger partial charge in [-0.05, 0) is 51.0 Å². The molecule has 3 aliphatic heterocycles. The topological polar surface area (TPSA) is 71.0 Å². The van der Waals surface area contributed by atoms with Crippen molar-refractivity contribution in [3.8, 4) is 5.75 Å². The van der Waals surface area contributed by atoms with Crippen LogP contribution in [0.5, 0.6) is 5.75 Å². The lowest BCUT2D eigenvalue weighted by molar-refractivity contribution is 0.0367. The molecule has 3 fully saturated rings. The van der Waals surface area contributed by atoms with Gasteiger partial charge in [-0.25, -0.2) is 9.78 Å². The van der Waals surface area contributed by atoms with Gasteiger partial charge in [0.2, 0.25) is 0 Å². The van der Waals surface area contributed by atoms with Crippen LogP contribution in [0.15, 0.2) is 42.9 Å². The molecule has 5 rings (SSSR count). The van der Waals surface area contributed by atoms with Crippen LogP contribution in [0.2, 0.25) is 0 Å². The van der Waals surface area contributed by atoms with E-state index in [1.165, 1.54) is 5.69 Å². The third kappa shape index (κ3) is 4.76. The van der Waals surface area contributed by atoms with Gasteiger partial charge in [0, 0.05) is 63.1 Å². The lowest BCUT2D eigenvalue weighted by Gasteiger charge is -2.38. The number of benzene rings is 1. The van der Waals surface area contributed by atoms with E-state index in [4.69, 9.17) is 9.47 Å². The Balaban J connectivity index is 1.14. The van der Waals surface area contributed by atoms with E-state index >= 15 is 0 Å². The Hall–Kier alpha value is -2.87. The fourth-order valence-corrected chi connectivity index (χ4v) is 5.10. The molecule has 0 radical (unpaired) electrons. The quantitative estimate of drug-likeness (QED) is 0.686. The van der Waals surface area contributed by atoms with Gasteiger partial charge < -0.3 is 19.3 Å². The number of anilines is 2. The van der Waals surface area contributed by atoms with Crippen LogP contribution >= 0.6 is 0 Å². The van der Waals surface area contributed by atoms with Crippen molar-refractivity contribution in [1.29, 1.82) is 0 Å². The predicted octanol–water partition coefficient (Wildman–Crippen LogP) is 3.72. The molecule has 0 aliphatic carbocycles. The molecule has 0 unspecified atom stereocenters. The van der Waals surface area contributed by atoms with Crippen molar-refractivity contribution in [2.45, 2.75) is 57.3 Å². The molecule has 1 aromatic carbocycles. The fourth-order valence-electron chi connectivity index (χ4n) is 5.10. The lowest BCUT2D eigenvalue weighted by Crippen LogP contribution is -2.47. The monoisotopic (exact) mass is 451 g/mol. The van der Waals surface area contributed by atoms with E-state index < -0.39 is 5.60 Å². The number of hydrogen-bond donors (Lipinski definition) is 0. The van der Waals surface area contributed by atoms with Crippen molar-refractivity contribution in [2.75, 3.05) is 42.5 Å². The van der Waals surface area contributed by atoms with Gasteiger partial charge in [0.05, 0.1) is 12.7 Å². The van der Waals surface area contributed by atoms with Crippen LogP contribution in [0.4, 0.5) is 16.3 Å². The third-order valence-corrected chi connectivity index (χ3v) is 7.18. The number of aromatic nitrogens is 2. The van der Waals surface area contributed by atoms with Crippen LogP contribution in [0.3, 0.4) is 0 Å². The van der Waals surface area contributed by atoms with Gasteiger partial charge in [0.15, 0.2) is 5.82 Å². The van der Waals surface area contributed by atoms with Crippen LogP contribution in [0.25, 0.3) is 0 Å². The molecule has 8 heteroatoms. The van der Waals surface area contributed by atoms with E-state index in [0.717, 1.165) is 57.6 Å². The molecule has 3 aliphatic rings. The van der Waals surface area contributed by atoms with E-state index in [0.29, 0.717) is 24.5 Å². The molecule has 176 valence electrons. The third-order valence-electron chi connectivity index (χ3n) is 7.18.